The molecule has 0 saturated heterocycles. The lowest BCUT2D eigenvalue weighted by Crippen LogP contribution is -1.96. The first-order valence-corrected chi connectivity index (χ1v) is 6.76. The van der Waals surface area contributed by atoms with E-state index in [2.05, 4.69) is 10.3 Å². The molecule has 2 aromatic carbocycles. The molecule has 0 saturated carbocycles. The fourth-order valence-corrected chi connectivity index (χ4v) is 2.00. The van der Waals surface area contributed by atoms with Crippen LogP contribution >= 0.6 is 0 Å². The third-order valence-electron chi connectivity index (χ3n) is 3.16. The second kappa shape index (κ2) is 5.80. The van der Waals surface area contributed by atoms with Crippen molar-refractivity contribution in [3.63, 3.8) is 0 Å². The fraction of sp³-hybridized carbons (Fsp3) is 0.0625. The molecule has 3 rings (SSSR count). The van der Waals surface area contributed by atoms with Crippen molar-refractivity contribution in [2.45, 2.75) is 6.92 Å². The van der Waals surface area contributed by atoms with Gasteiger partial charge in [-0.15, -0.1) is 5.10 Å². The van der Waals surface area contributed by atoms with Gasteiger partial charge in [-0.05, 0) is 48.9 Å². The van der Waals surface area contributed by atoms with Gasteiger partial charge in [-0.25, -0.2) is 9.48 Å². The van der Waals surface area contributed by atoms with E-state index in [0.717, 1.165) is 5.56 Å². The van der Waals surface area contributed by atoms with Gasteiger partial charge in [-0.1, -0.05) is 11.3 Å². The van der Waals surface area contributed by atoms with Crippen molar-refractivity contribution in [1.82, 2.24) is 15.0 Å². The van der Waals surface area contributed by atoms with E-state index in [4.69, 9.17) is 9.84 Å². The van der Waals surface area contributed by atoms with Crippen LogP contribution in [0.5, 0.6) is 17.2 Å². The molecule has 3 aromatic rings. The number of nitrogens with zero attached hydrogens (tertiary/aromatic N) is 3. The Morgan fingerprint density at radius 1 is 1.17 bits per heavy atom. The number of hydrogen-bond acceptors (Lipinski definition) is 5. The van der Waals surface area contributed by atoms with E-state index in [0.29, 0.717) is 17.2 Å². The molecule has 0 bridgehead atoms. The number of aryl methyl sites for hydroxylation is 1. The van der Waals surface area contributed by atoms with Crippen molar-refractivity contribution >= 4 is 5.97 Å². The first-order valence-electron chi connectivity index (χ1n) is 6.76. The quantitative estimate of drug-likeness (QED) is 0.769. The number of hydrogen-bond donors (Lipinski definition) is 2. The van der Waals surface area contributed by atoms with Gasteiger partial charge in [0, 0.05) is 0 Å². The molecule has 0 atom stereocenters. The summed E-state index contributed by atoms with van der Waals surface area (Å²) in [6.07, 6.45) is 1.32. The molecule has 0 aliphatic rings. The Hall–Kier alpha value is -3.35. The molecule has 23 heavy (non-hydrogen) atoms. The summed E-state index contributed by atoms with van der Waals surface area (Å²) in [7, 11) is 0. The Bertz CT molecular complexity index is 856. The lowest BCUT2D eigenvalue weighted by molar-refractivity contribution is 0.0690. The van der Waals surface area contributed by atoms with E-state index >= 15 is 0 Å². The van der Waals surface area contributed by atoms with Crippen molar-refractivity contribution in [2.75, 3.05) is 0 Å². The topological polar surface area (TPSA) is 97.5 Å². The molecule has 0 aliphatic carbocycles. The van der Waals surface area contributed by atoms with Crippen molar-refractivity contribution in [1.29, 1.82) is 0 Å². The number of phenolic OH excluding ortho intramolecular Hbond substituents is 1. The fourth-order valence-electron chi connectivity index (χ4n) is 2.00. The van der Waals surface area contributed by atoms with Crippen LogP contribution in [0.4, 0.5) is 0 Å². The average molecular weight is 311 g/mol. The standard InChI is InChI=1S/C16H13N3O4/c1-10-2-7-15(14(20)8-10)23-12-5-3-11(4-6-12)19-9-13(16(21)22)17-18-19/h2-9,20H,1H3,(H,21,22). The minimum absolute atomic E-state index is 0.0662. The number of phenols is 1. The molecule has 7 nitrogen and oxygen atoms in total. The summed E-state index contributed by atoms with van der Waals surface area (Å²) >= 11 is 0. The van der Waals surface area contributed by atoms with Crippen LogP contribution in [0.15, 0.2) is 48.7 Å². The number of rotatable bonds is 4. The van der Waals surface area contributed by atoms with Gasteiger partial charge >= 0.3 is 5.97 Å². The van der Waals surface area contributed by atoms with Crippen LogP contribution < -0.4 is 4.74 Å². The van der Waals surface area contributed by atoms with Crippen molar-refractivity contribution in [3.8, 4) is 22.9 Å². The van der Waals surface area contributed by atoms with Gasteiger partial charge in [0.2, 0.25) is 0 Å². The molecule has 1 heterocycles. The molecule has 0 radical (unpaired) electrons. The summed E-state index contributed by atoms with van der Waals surface area (Å²) in [5.74, 6) is -0.175. The van der Waals surface area contributed by atoms with Gasteiger partial charge in [0.05, 0.1) is 11.9 Å². The van der Waals surface area contributed by atoms with Gasteiger partial charge in [-0.2, -0.15) is 0 Å². The second-order valence-corrected chi connectivity index (χ2v) is 4.92. The Morgan fingerprint density at radius 3 is 2.52 bits per heavy atom. The SMILES string of the molecule is Cc1ccc(Oc2ccc(-n3cc(C(=O)O)nn3)cc2)c(O)c1. The van der Waals surface area contributed by atoms with E-state index in [1.165, 1.54) is 10.9 Å². The smallest absolute Gasteiger partial charge is 0.358 e. The molecule has 116 valence electrons. The number of carboxylic acids is 1. The van der Waals surface area contributed by atoms with E-state index in [1.807, 2.05) is 13.0 Å². The minimum Gasteiger partial charge on any atom is -0.504 e. The lowest BCUT2D eigenvalue weighted by atomic mass is 10.2. The summed E-state index contributed by atoms with van der Waals surface area (Å²) in [6.45, 7) is 1.88. The Labute approximate surface area is 131 Å². The van der Waals surface area contributed by atoms with Crippen LogP contribution in [0.1, 0.15) is 16.1 Å². The molecular formula is C16H13N3O4. The molecule has 0 aliphatic heterocycles. The number of aromatic nitrogens is 3. The van der Waals surface area contributed by atoms with E-state index in [1.54, 1.807) is 36.4 Å². The highest BCUT2D eigenvalue weighted by atomic mass is 16.5. The largest absolute Gasteiger partial charge is 0.504 e. The van der Waals surface area contributed by atoms with Gasteiger partial charge in [-0.3, -0.25) is 0 Å². The Kier molecular flexibility index (Phi) is 3.68. The molecule has 0 spiro atoms. The van der Waals surface area contributed by atoms with Crippen LogP contribution in [0.25, 0.3) is 5.69 Å². The summed E-state index contributed by atoms with van der Waals surface area (Å²) in [6, 6.07) is 11.9. The highest BCUT2D eigenvalue weighted by molar-refractivity contribution is 5.84. The van der Waals surface area contributed by atoms with Crippen LogP contribution in [-0.4, -0.2) is 31.2 Å². The number of aromatic hydroxyl groups is 1. The zero-order chi connectivity index (χ0) is 16.4. The molecule has 7 heteroatoms. The average Bonchev–Trinajstić information content (AvgIpc) is 3.01. The maximum absolute atomic E-state index is 10.8. The number of benzene rings is 2. The molecule has 1 aromatic heterocycles. The van der Waals surface area contributed by atoms with Crippen LogP contribution in [0.2, 0.25) is 0 Å². The Balaban J connectivity index is 1.80. The van der Waals surface area contributed by atoms with Gasteiger partial charge in [0.25, 0.3) is 0 Å². The number of carbonyl (C=O) groups is 1. The van der Waals surface area contributed by atoms with E-state index < -0.39 is 5.97 Å². The highest BCUT2D eigenvalue weighted by Crippen LogP contribution is 2.31. The van der Waals surface area contributed by atoms with Crippen LogP contribution in [0, 0.1) is 6.92 Å². The predicted molar refractivity (Wildman–Crippen MR) is 81.2 cm³/mol. The minimum atomic E-state index is -1.13. The number of ether oxygens (including phenoxy) is 1. The third kappa shape index (κ3) is 3.13. The summed E-state index contributed by atoms with van der Waals surface area (Å²) in [5, 5.41) is 26.0. The maximum Gasteiger partial charge on any atom is 0.358 e. The van der Waals surface area contributed by atoms with E-state index in [9.17, 15) is 9.90 Å². The first-order chi connectivity index (χ1) is 11.0. The van der Waals surface area contributed by atoms with Crippen LogP contribution in [-0.2, 0) is 0 Å². The summed E-state index contributed by atoms with van der Waals surface area (Å²) in [5.41, 5.74) is 1.45. The first kappa shape index (κ1) is 14.6. The molecular weight excluding hydrogens is 298 g/mol. The monoisotopic (exact) mass is 311 g/mol. The predicted octanol–water partition coefficient (Wildman–Crippen LogP) is 2.77. The number of aromatic carboxylic acids is 1. The zero-order valence-corrected chi connectivity index (χ0v) is 12.2. The maximum atomic E-state index is 10.8. The molecule has 0 fully saturated rings. The van der Waals surface area contributed by atoms with Crippen molar-refractivity contribution < 1.29 is 19.7 Å². The van der Waals surface area contributed by atoms with Gasteiger partial charge < -0.3 is 14.9 Å². The normalized spacial score (nSPS) is 10.5. The zero-order valence-electron chi connectivity index (χ0n) is 12.2. The molecule has 0 unspecified atom stereocenters. The van der Waals surface area contributed by atoms with Gasteiger partial charge in [0.15, 0.2) is 17.2 Å². The summed E-state index contributed by atoms with van der Waals surface area (Å²) < 4.78 is 6.97. The van der Waals surface area contributed by atoms with Crippen molar-refractivity contribution in [2.24, 2.45) is 0 Å². The Morgan fingerprint density at radius 2 is 1.91 bits per heavy atom. The number of carboxylic acid groups (broad SMARTS) is 1. The second-order valence-electron chi connectivity index (χ2n) is 4.92. The summed E-state index contributed by atoms with van der Waals surface area (Å²) in [4.78, 5) is 10.8. The van der Waals surface area contributed by atoms with Gasteiger partial charge in [0.1, 0.15) is 5.75 Å². The highest BCUT2D eigenvalue weighted by Gasteiger charge is 2.09. The molecule has 2 N–H and O–H groups in total. The van der Waals surface area contributed by atoms with E-state index in [-0.39, 0.29) is 11.4 Å². The van der Waals surface area contributed by atoms with Crippen LogP contribution in [0.3, 0.4) is 0 Å². The molecule has 0 amide bonds. The lowest BCUT2D eigenvalue weighted by Gasteiger charge is -2.08. The third-order valence-corrected chi connectivity index (χ3v) is 3.16. The van der Waals surface area contributed by atoms with Crippen molar-refractivity contribution in [3.05, 3.63) is 59.9 Å².